The SMILES string of the molecule is COc1ccc(N2C(=O)[C@H](CC(=O)Nc3ccc(C)cc3C)N(Cc3ccc(OC)c(OC)c3)C2=S)cc1. The number of benzene rings is 3. The van der Waals surface area contributed by atoms with Gasteiger partial charge in [-0.25, -0.2) is 0 Å². The first-order chi connectivity index (χ1) is 18.2. The van der Waals surface area contributed by atoms with Crippen LogP contribution >= 0.6 is 12.2 Å². The van der Waals surface area contributed by atoms with E-state index in [9.17, 15) is 9.59 Å². The van der Waals surface area contributed by atoms with Gasteiger partial charge in [-0.05, 0) is 79.7 Å². The minimum Gasteiger partial charge on any atom is -0.497 e. The van der Waals surface area contributed by atoms with Crippen molar-refractivity contribution in [1.29, 1.82) is 0 Å². The van der Waals surface area contributed by atoms with Crippen molar-refractivity contribution >= 4 is 40.5 Å². The number of nitrogens with one attached hydrogen (secondary N) is 1. The molecule has 38 heavy (non-hydrogen) atoms. The lowest BCUT2D eigenvalue weighted by molar-refractivity contribution is -0.124. The third-order valence-corrected chi connectivity index (χ3v) is 6.90. The largest absolute Gasteiger partial charge is 0.497 e. The highest BCUT2D eigenvalue weighted by Crippen LogP contribution is 2.33. The number of anilines is 2. The Morgan fingerprint density at radius 2 is 1.63 bits per heavy atom. The Hall–Kier alpha value is -4.11. The molecule has 0 aliphatic carbocycles. The number of thiocarbonyl (C=S) groups is 1. The predicted molar refractivity (Wildman–Crippen MR) is 151 cm³/mol. The van der Waals surface area contributed by atoms with E-state index in [-0.39, 0.29) is 18.2 Å². The van der Waals surface area contributed by atoms with E-state index in [1.807, 2.05) is 44.2 Å². The van der Waals surface area contributed by atoms with Crippen molar-refractivity contribution in [1.82, 2.24) is 4.90 Å². The molecule has 198 valence electrons. The zero-order valence-electron chi connectivity index (χ0n) is 22.1. The van der Waals surface area contributed by atoms with E-state index in [1.165, 1.54) is 4.90 Å². The summed E-state index contributed by atoms with van der Waals surface area (Å²) >= 11 is 5.80. The summed E-state index contributed by atoms with van der Waals surface area (Å²) < 4.78 is 16.1. The van der Waals surface area contributed by atoms with E-state index in [0.717, 1.165) is 16.7 Å². The van der Waals surface area contributed by atoms with Crippen LogP contribution in [-0.2, 0) is 16.1 Å². The molecule has 1 aliphatic heterocycles. The highest BCUT2D eigenvalue weighted by Gasteiger charge is 2.44. The van der Waals surface area contributed by atoms with Crippen LogP contribution < -0.4 is 24.4 Å². The zero-order valence-corrected chi connectivity index (χ0v) is 22.9. The van der Waals surface area contributed by atoms with Crippen LogP contribution in [0.5, 0.6) is 17.2 Å². The van der Waals surface area contributed by atoms with Crippen LogP contribution in [0.3, 0.4) is 0 Å². The topological polar surface area (TPSA) is 80.3 Å². The maximum Gasteiger partial charge on any atom is 0.256 e. The molecule has 1 saturated heterocycles. The molecule has 0 unspecified atom stereocenters. The number of amides is 2. The lowest BCUT2D eigenvalue weighted by Gasteiger charge is -2.24. The van der Waals surface area contributed by atoms with Crippen LogP contribution in [0.1, 0.15) is 23.1 Å². The van der Waals surface area contributed by atoms with E-state index in [1.54, 1.807) is 56.6 Å². The number of aryl methyl sites for hydroxylation is 2. The molecule has 1 atom stereocenters. The number of hydrogen-bond acceptors (Lipinski definition) is 6. The Labute approximate surface area is 228 Å². The maximum absolute atomic E-state index is 13.7. The summed E-state index contributed by atoms with van der Waals surface area (Å²) in [5.74, 6) is 1.29. The molecule has 8 nitrogen and oxygen atoms in total. The summed E-state index contributed by atoms with van der Waals surface area (Å²) in [5.41, 5.74) is 4.23. The number of hydrogen-bond donors (Lipinski definition) is 1. The number of carbonyl (C=O) groups is 2. The van der Waals surface area contributed by atoms with E-state index < -0.39 is 6.04 Å². The molecule has 1 N–H and O–H groups in total. The molecule has 0 radical (unpaired) electrons. The van der Waals surface area contributed by atoms with Gasteiger partial charge in [0.2, 0.25) is 5.91 Å². The van der Waals surface area contributed by atoms with Gasteiger partial charge in [-0.15, -0.1) is 0 Å². The number of carbonyl (C=O) groups excluding carboxylic acids is 2. The third kappa shape index (κ3) is 5.57. The highest BCUT2D eigenvalue weighted by molar-refractivity contribution is 7.80. The number of rotatable bonds is 9. The van der Waals surface area contributed by atoms with Gasteiger partial charge in [0.05, 0.1) is 33.4 Å². The van der Waals surface area contributed by atoms with Crippen molar-refractivity contribution in [2.45, 2.75) is 32.9 Å². The molecule has 1 fully saturated rings. The van der Waals surface area contributed by atoms with Gasteiger partial charge in [-0.1, -0.05) is 23.8 Å². The molecular formula is C29H31N3O5S. The molecule has 0 aromatic heterocycles. The highest BCUT2D eigenvalue weighted by atomic mass is 32.1. The fraction of sp³-hybridized carbons (Fsp3) is 0.276. The Bertz CT molecular complexity index is 1360. The number of nitrogens with zero attached hydrogens (tertiary/aromatic N) is 2. The van der Waals surface area contributed by atoms with Crippen LogP contribution in [0.2, 0.25) is 0 Å². The lowest BCUT2D eigenvalue weighted by Crippen LogP contribution is -2.37. The standard InChI is InChI=1S/C29H31N3O5S/c1-18-6-12-23(19(2)14-18)30-27(33)16-24-28(34)32(21-8-10-22(35-3)11-9-21)29(38)31(24)17-20-7-13-25(36-4)26(15-20)37-5/h6-15,24H,16-17H2,1-5H3,(H,30,33)/t24-/m0/s1. The molecular weight excluding hydrogens is 502 g/mol. The first kappa shape index (κ1) is 26.9. The molecule has 1 aliphatic rings. The molecule has 4 rings (SSSR count). The Kier molecular flexibility index (Phi) is 8.16. The fourth-order valence-corrected chi connectivity index (χ4v) is 4.88. The van der Waals surface area contributed by atoms with Crippen LogP contribution in [0.15, 0.2) is 60.7 Å². The molecule has 0 bridgehead atoms. The van der Waals surface area contributed by atoms with E-state index in [0.29, 0.717) is 40.3 Å². The molecule has 1 heterocycles. The zero-order chi connectivity index (χ0) is 27.4. The number of ether oxygens (including phenoxy) is 3. The second kappa shape index (κ2) is 11.5. The monoisotopic (exact) mass is 533 g/mol. The van der Waals surface area contributed by atoms with Crippen molar-refractivity contribution in [2.75, 3.05) is 31.5 Å². The van der Waals surface area contributed by atoms with Crippen molar-refractivity contribution in [3.63, 3.8) is 0 Å². The van der Waals surface area contributed by atoms with Crippen LogP contribution in [0.25, 0.3) is 0 Å². The summed E-state index contributed by atoms with van der Waals surface area (Å²) in [6, 6.07) is 17.6. The van der Waals surface area contributed by atoms with Gasteiger partial charge in [0.1, 0.15) is 11.8 Å². The minimum absolute atomic E-state index is 0.0633. The molecule has 3 aromatic rings. The molecule has 3 aromatic carbocycles. The van der Waals surface area contributed by atoms with Gasteiger partial charge in [-0.2, -0.15) is 0 Å². The Balaban J connectivity index is 1.64. The molecule has 9 heteroatoms. The van der Waals surface area contributed by atoms with Crippen LogP contribution in [-0.4, -0.2) is 49.2 Å². The van der Waals surface area contributed by atoms with Crippen LogP contribution in [0.4, 0.5) is 11.4 Å². The van der Waals surface area contributed by atoms with Crippen molar-refractivity contribution in [3.05, 3.63) is 77.4 Å². The molecule has 0 saturated carbocycles. The third-order valence-electron chi connectivity index (χ3n) is 6.48. The average molecular weight is 534 g/mol. The second-order valence-electron chi connectivity index (χ2n) is 9.06. The first-order valence-electron chi connectivity index (χ1n) is 12.1. The van der Waals surface area contributed by atoms with Gasteiger partial charge in [0.25, 0.3) is 5.91 Å². The summed E-state index contributed by atoms with van der Waals surface area (Å²) in [7, 11) is 4.72. The predicted octanol–water partition coefficient (Wildman–Crippen LogP) is 4.86. The first-order valence-corrected chi connectivity index (χ1v) is 12.5. The normalized spacial score (nSPS) is 15.0. The van der Waals surface area contributed by atoms with Crippen molar-refractivity contribution in [2.24, 2.45) is 0 Å². The molecule has 0 spiro atoms. The summed E-state index contributed by atoms with van der Waals surface area (Å²) in [6.45, 7) is 4.24. The lowest BCUT2D eigenvalue weighted by atomic mass is 10.1. The Morgan fingerprint density at radius 1 is 0.921 bits per heavy atom. The minimum atomic E-state index is -0.788. The summed E-state index contributed by atoms with van der Waals surface area (Å²) in [4.78, 5) is 30.2. The quantitative estimate of drug-likeness (QED) is 0.394. The summed E-state index contributed by atoms with van der Waals surface area (Å²) in [6.07, 6.45) is -0.0633. The van der Waals surface area contributed by atoms with E-state index in [2.05, 4.69) is 5.32 Å². The van der Waals surface area contributed by atoms with Crippen molar-refractivity contribution < 1.29 is 23.8 Å². The van der Waals surface area contributed by atoms with Gasteiger partial charge in [0, 0.05) is 12.2 Å². The fourth-order valence-electron chi connectivity index (χ4n) is 4.49. The van der Waals surface area contributed by atoms with E-state index >= 15 is 0 Å². The average Bonchev–Trinajstić information content (AvgIpc) is 3.14. The van der Waals surface area contributed by atoms with Crippen LogP contribution in [0, 0.1) is 13.8 Å². The van der Waals surface area contributed by atoms with E-state index in [4.69, 9.17) is 26.4 Å². The van der Waals surface area contributed by atoms with Gasteiger partial charge in [0.15, 0.2) is 16.6 Å². The van der Waals surface area contributed by atoms with Gasteiger partial charge < -0.3 is 24.4 Å². The maximum atomic E-state index is 13.7. The smallest absolute Gasteiger partial charge is 0.256 e. The molecule has 2 amide bonds. The van der Waals surface area contributed by atoms with Gasteiger partial charge >= 0.3 is 0 Å². The number of methoxy groups -OCH3 is 3. The Morgan fingerprint density at radius 3 is 2.26 bits per heavy atom. The van der Waals surface area contributed by atoms with Gasteiger partial charge in [-0.3, -0.25) is 14.5 Å². The summed E-state index contributed by atoms with van der Waals surface area (Å²) in [5, 5.41) is 3.27. The van der Waals surface area contributed by atoms with Crippen molar-refractivity contribution in [3.8, 4) is 17.2 Å². The second-order valence-corrected chi connectivity index (χ2v) is 9.42.